The summed E-state index contributed by atoms with van der Waals surface area (Å²) in [5.74, 6) is 0.776. The quantitative estimate of drug-likeness (QED) is 0.862. The van der Waals surface area contributed by atoms with Crippen LogP contribution in [0.15, 0.2) is 27.2 Å². The molecular formula is C14H17BrClN3O2. The Bertz CT molecular complexity index is 628. The monoisotopic (exact) mass is 373 g/mol. The van der Waals surface area contributed by atoms with Gasteiger partial charge in [0.1, 0.15) is 5.54 Å². The van der Waals surface area contributed by atoms with Gasteiger partial charge in [0.05, 0.1) is 17.7 Å². The molecular weight excluding hydrogens is 358 g/mol. The van der Waals surface area contributed by atoms with Crippen LogP contribution in [0.2, 0.25) is 5.02 Å². The van der Waals surface area contributed by atoms with Crippen LogP contribution in [0.4, 0.5) is 0 Å². The van der Waals surface area contributed by atoms with E-state index in [0.717, 1.165) is 10.0 Å². The normalized spacial score (nSPS) is 14.4. The molecule has 0 saturated heterocycles. The van der Waals surface area contributed by atoms with Crippen molar-refractivity contribution in [2.45, 2.75) is 32.4 Å². The molecule has 2 N–H and O–H groups in total. The zero-order valence-corrected chi connectivity index (χ0v) is 14.4. The summed E-state index contributed by atoms with van der Waals surface area (Å²) in [4.78, 5) is 4.34. The Kier molecular flexibility index (Phi) is 5.03. The number of ether oxygens (including phenoxy) is 1. The minimum Gasteiger partial charge on any atom is -0.376 e. The van der Waals surface area contributed by atoms with E-state index in [1.807, 2.05) is 26.0 Å². The van der Waals surface area contributed by atoms with E-state index in [4.69, 9.17) is 26.6 Å². The van der Waals surface area contributed by atoms with E-state index in [1.165, 1.54) is 0 Å². The van der Waals surface area contributed by atoms with Gasteiger partial charge in [-0.05, 0) is 54.9 Å². The van der Waals surface area contributed by atoms with E-state index in [0.29, 0.717) is 23.3 Å². The zero-order valence-electron chi connectivity index (χ0n) is 12.1. The van der Waals surface area contributed by atoms with E-state index in [9.17, 15) is 0 Å². The molecule has 2 aromatic rings. The molecule has 0 aliphatic rings. The molecule has 0 bridgehead atoms. The highest BCUT2D eigenvalue weighted by molar-refractivity contribution is 9.10. The molecule has 0 saturated carbocycles. The van der Waals surface area contributed by atoms with Crippen molar-refractivity contribution in [3.05, 3.63) is 33.5 Å². The van der Waals surface area contributed by atoms with Gasteiger partial charge < -0.3 is 15.0 Å². The SMILES string of the molecule is CC(C)OCC(C)(N)c1noc(-c2ccc(Br)c(Cl)c2)n1. The highest BCUT2D eigenvalue weighted by Crippen LogP contribution is 2.28. The first kappa shape index (κ1) is 16.4. The third-order valence-corrected chi connectivity index (χ3v) is 4.05. The summed E-state index contributed by atoms with van der Waals surface area (Å²) in [5.41, 5.74) is 6.11. The molecule has 0 aliphatic carbocycles. The Labute approximate surface area is 136 Å². The van der Waals surface area contributed by atoms with E-state index < -0.39 is 5.54 Å². The summed E-state index contributed by atoms with van der Waals surface area (Å²) in [6.07, 6.45) is 0.0875. The Balaban J connectivity index is 2.22. The predicted molar refractivity (Wildman–Crippen MR) is 85.1 cm³/mol. The Morgan fingerprint density at radius 1 is 1.48 bits per heavy atom. The van der Waals surface area contributed by atoms with Crippen molar-refractivity contribution in [1.29, 1.82) is 0 Å². The van der Waals surface area contributed by atoms with Gasteiger partial charge in [0, 0.05) is 10.0 Å². The second-order valence-corrected chi connectivity index (χ2v) is 6.59. The fraction of sp³-hybridized carbons (Fsp3) is 0.429. The summed E-state index contributed by atoms with van der Waals surface area (Å²) < 4.78 is 11.6. The molecule has 114 valence electrons. The predicted octanol–water partition coefficient (Wildman–Crippen LogP) is 3.75. The fourth-order valence-corrected chi connectivity index (χ4v) is 2.03. The molecule has 1 unspecified atom stereocenters. The molecule has 1 atom stereocenters. The van der Waals surface area contributed by atoms with Crippen LogP contribution in [0, 0.1) is 0 Å². The van der Waals surface area contributed by atoms with Gasteiger partial charge in [0.2, 0.25) is 0 Å². The van der Waals surface area contributed by atoms with Crippen molar-refractivity contribution >= 4 is 27.5 Å². The van der Waals surface area contributed by atoms with E-state index in [-0.39, 0.29) is 6.10 Å². The number of aromatic nitrogens is 2. The van der Waals surface area contributed by atoms with Crippen molar-refractivity contribution in [2.24, 2.45) is 5.73 Å². The van der Waals surface area contributed by atoms with Crippen LogP contribution in [0.5, 0.6) is 0 Å². The summed E-state index contributed by atoms with van der Waals surface area (Å²) in [7, 11) is 0. The molecule has 1 heterocycles. The van der Waals surface area contributed by atoms with Crippen LogP contribution >= 0.6 is 27.5 Å². The molecule has 1 aromatic heterocycles. The lowest BCUT2D eigenvalue weighted by Gasteiger charge is -2.21. The Hall–Kier alpha value is -0.950. The first-order valence-corrected chi connectivity index (χ1v) is 7.67. The standard InChI is InChI=1S/C14H17BrClN3O2/c1-8(2)20-7-14(3,17)13-18-12(21-19-13)9-4-5-10(15)11(16)6-9/h4-6,8H,7,17H2,1-3H3. The van der Waals surface area contributed by atoms with Crippen molar-refractivity contribution < 1.29 is 9.26 Å². The van der Waals surface area contributed by atoms with Crippen LogP contribution in [0.1, 0.15) is 26.6 Å². The third kappa shape index (κ3) is 4.03. The maximum atomic E-state index is 6.19. The van der Waals surface area contributed by atoms with Gasteiger partial charge in [-0.2, -0.15) is 4.98 Å². The molecule has 1 aromatic carbocycles. The summed E-state index contributed by atoms with van der Waals surface area (Å²) in [6.45, 7) is 6.01. The fourth-order valence-electron chi connectivity index (χ4n) is 1.61. The van der Waals surface area contributed by atoms with Gasteiger partial charge >= 0.3 is 0 Å². The van der Waals surface area contributed by atoms with Crippen LogP contribution in [-0.4, -0.2) is 22.9 Å². The molecule has 7 heteroatoms. The van der Waals surface area contributed by atoms with E-state index in [2.05, 4.69) is 26.1 Å². The van der Waals surface area contributed by atoms with Crippen molar-refractivity contribution in [1.82, 2.24) is 10.1 Å². The lowest BCUT2D eigenvalue weighted by atomic mass is 10.1. The average Bonchev–Trinajstić information content (AvgIpc) is 2.90. The lowest BCUT2D eigenvalue weighted by Crippen LogP contribution is -2.40. The van der Waals surface area contributed by atoms with E-state index >= 15 is 0 Å². The second kappa shape index (κ2) is 6.44. The van der Waals surface area contributed by atoms with Gasteiger partial charge in [0.25, 0.3) is 5.89 Å². The van der Waals surface area contributed by atoms with Crippen LogP contribution in [0.3, 0.4) is 0 Å². The van der Waals surface area contributed by atoms with Crippen molar-refractivity contribution in [2.75, 3.05) is 6.61 Å². The van der Waals surface area contributed by atoms with Gasteiger partial charge in [-0.3, -0.25) is 0 Å². The molecule has 0 amide bonds. The first-order valence-electron chi connectivity index (χ1n) is 6.49. The molecule has 0 aliphatic heterocycles. The minimum absolute atomic E-state index is 0.0875. The molecule has 5 nitrogen and oxygen atoms in total. The Morgan fingerprint density at radius 3 is 2.81 bits per heavy atom. The Morgan fingerprint density at radius 2 is 2.19 bits per heavy atom. The number of hydrogen-bond donors (Lipinski definition) is 1. The number of rotatable bonds is 5. The first-order chi connectivity index (χ1) is 9.79. The summed E-state index contributed by atoms with van der Waals surface area (Å²) >= 11 is 9.40. The highest BCUT2D eigenvalue weighted by Gasteiger charge is 2.28. The number of benzene rings is 1. The molecule has 0 fully saturated rings. The topological polar surface area (TPSA) is 74.2 Å². The molecule has 0 spiro atoms. The van der Waals surface area contributed by atoms with Crippen LogP contribution in [0.25, 0.3) is 11.5 Å². The average molecular weight is 375 g/mol. The van der Waals surface area contributed by atoms with Crippen molar-refractivity contribution in [3.8, 4) is 11.5 Å². The highest BCUT2D eigenvalue weighted by atomic mass is 79.9. The van der Waals surface area contributed by atoms with Gasteiger partial charge in [0.15, 0.2) is 5.82 Å². The smallest absolute Gasteiger partial charge is 0.258 e. The van der Waals surface area contributed by atoms with Gasteiger partial charge in [-0.25, -0.2) is 0 Å². The number of hydrogen-bond acceptors (Lipinski definition) is 5. The largest absolute Gasteiger partial charge is 0.376 e. The number of halogens is 2. The summed E-state index contributed by atoms with van der Waals surface area (Å²) in [5, 5.41) is 4.52. The van der Waals surface area contributed by atoms with Gasteiger partial charge in [-0.15, -0.1) is 0 Å². The maximum absolute atomic E-state index is 6.19. The van der Waals surface area contributed by atoms with E-state index in [1.54, 1.807) is 13.0 Å². The maximum Gasteiger partial charge on any atom is 0.258 e. The van der Waals surface area contributed by atoms with Crippen LogP contribution < -0.4 is 5.73 Å². The lowest BCUT2D eigenvalue weighted by molar-refractivity contribution is 0.0410. The number of nitrogens with zero attached hydrogens (tertiary/aromatic N) is 2. The van der Waals surface area contributed by atoms with Gasteiger partial charge in [-0.1, -0.05) is 16.8 Å². The molecule has 21 heavy (non-hydrogen) atoms. The number of nitrogens with two attached hydrogens (primary N) is 1. The second-order valence-electron chi connectivity index (χ2n) is 5.33. The minimum atomic E-state index is -0.814. The molecule has 2 rings (SSSR count). The molecule has 0 radical (unpaired) electrons. The summed E-state index contributed by atoms with van der Waals surface area (Å²) in [6, 6.07) is 5.41. The van der Waals surface area contributed by atoms with Crippen LogP contribution in [-0.2, 0) is 10.3 Å². The third-order valence-electron chi connectivity index (χ3n) is 2.82. The van der Waals surface area contributed by atoms with Crippen molar-refractivity contribution in [3.63, 3.8) is 0 Å². The zero-order chi connectivity index (χ0) is 15.6.